The molecule has 1 N–H and O–H groups in total. The summed E-state index contributed by atoms with van der Waals surface area (Å²) in [7, 11) is 0. The number of halogens is 1. The summed E-state index contributed by atoms with van der Waals surface area (Å²) in [6.45, 7) is 1.97. The molecule has 0 aliphatic rings. The molecule has 0 spiro atoms. The van der Waals surface area contributed by atoms with Crippen molar-refractivity contribution in [2.24, 2.45) is 0 Å². The van der Waals surface area contributed by atoms with Gasteiger partial charge < -0.3 is 5.32 Å². The number of anilines is 2. The van der Waals surface area contributed by atoms with E-state index < -0.39 is 4.92 Å². The van der Waals surface area contributed by atoms with Crippen molar-refractivity contribution in [1.82, 2.24) is 15.0 Å². The summed E-state index contributed by atoms with van der Waals surface area (Å²) in [6.07, 6.45) is 1.30. The number of aryl methyl sites for hydroxylation is 1. The Kier molecular flexibility index (Phi) is 5.12. The molecule has 0 fully saturated rings. The zero-order valence-corrected chi connectivity index (χ0v) is 16.8. The Morgan fingerprint density at radius 3 is 2.68 bits per heavy atom. The van der Waals surface area contributed by atoms with Gasteiger partial charge in [-0.2, -0.15) is 0 Å². The third-order valence-electron chi connectivity index (χ3n) is 3.85. The van der Waals surface area contributed by atoms with Crippen molar-refractivity contribution >= 4 is 61.6 Å². The van der Waals surface area contributed by atoms with E-state index in [0.717, 1.165) is 20.7 Å². The maximum Gasteiger partial charge on any atom is 0.344 e. The minimum absolute atomic E-state index is 0.105. The molecule has 28 heavy (non-hydrogen) atoms. The first-order valence-corrected chi connectivity index (χ1v) is 10.1. The highest BCUT2D eigenvalue weighted by Crippen LogP contribution is 2.39. The van der Waals surface area contributed by atoms with Crippen molar-refractivity contribution in [3.63, 3.8) is 0 Å². The summed E-state index contributed by atoms with van der Waals surface area (Å²) in [4.78, 5) is 24.7. The van der Waals surface area contributed by atoms with E-state index in [1.807, 2.05) is 25.1 Å². The second-order valence-electron chi connectivity index (χ2n) is 5.75. The van der Waals surface area contributed by atoms with Gasteiger partial charge in [-0.25, -0.2) is 15.0 Å². The molecule has 2 aromatic carbocycles. The Balaban J connectivity index is 1.71. The second kappa shape index (κ2) is 7.70. The quantitative estimate of drug-likeness (QED) is 0.241. The third kappa shape index (κ3) is 3.77. The molecule has 0 aliphatic carbocycles. The van der Waals surface area contributed by atoms with Gasteiger partial charge in [-0.1, -0.05) is 46.8 Å². The van der Waals surface area contributed by atoms with Crippen LogP contribution in [0.25, 0.3) is 10.2 Å². The van der Waals surface area contributed by atoms with Crippen molar-refractivity contribution < 1.29 is 4.92 Å². The fourth-order valence-electron chi connectivity index (χ4n) is 2.55. The Bertz CT molecular complexity index is 1180. The van der Waals surface area contributed by atoms with Crippen molar-refractivity contribution in [3.8, 4) is 0 Å². The largest absolute Gasteiger partial charge is 0.344 e. The number of hydrogen-bond donors (Lipinski definition) is 1. The normalized spacial score (nSPS) is 10.9. The molecule has 0 saturated heterocycles. The van der Waals surface area contributed by atoms with Crippen LogP contribution in [-0.4, -0.2) is 19.9 Å². The van der Waals surface area contributed by atoms with Crippen LogP contribution in [0.1, 0.15) is 5.56 Å². The number of thiazole rings is 1. The van der Waals surface area contributed by atoms with Crippen LogP contribution in [0.15, 0.2) is 58.7 Å². The van der Waals surface area contributed by atoms with Crippen LogP contribution < -0.4 is 5.32 Å². The average molecular weight is 430 g/mol. The number of benzene rings is 2. The maximum atomic E-state index is 11.7. The average Bonchev–Trinajstić information content (AvgIpc) is 3.07. The standard InChI is InChI=1S/C18H12ClN5O2S2/c1-10-3-2-4-13-14(10)22-18(28-13)23-16-15(24(25)26)17(21-9-20-16)27-12-7-5-11(19)6-8-12/h2-9H,1H3,(H,20,21,22,23). The number of fused-ring (bicyclic) bond motifs is 1. The van der Waals surface area contributed by atoms with Gasteiger partial charge in [-0.3, -0.25) is 10.1 Å². The molecule has 4 rings (SSSR count). The van der Waals surface area contributed by atoms with Crippen molar-refractivity contribution in [2.75, 3.05) is 5.32 Å². The molecule has 0 atom stereocenters. The predicted molar refractivity (Wildman–Crippen MR) is 112 cm³/mol. The van der Waals surface area contributed by atoms with Gasteiger partial charge in [-0.15, -0.1) is 0 Å². The molecular weight excluding hydrogens is 418 g/mol. The molecule has 0 radical (unpaired) electrons. The Morgan fingerprint density at radius 2 is 1.96 bits per heavy atom. The van der Waals surface area contributed by atoms with Gasteiger partial charge in [0.15, 0.2) is 10.2 Å². The molecule has 140 valence electrons. The molecule has 0 unspecified atom stereocenters. The van der Waals surface area contributed by atoms with Crippen LogP contribution in [0.5, 0.6) is 0 Å². The highest BCUT2D eigenvalue weighted by Gasteiger charge is 2.24. The number of rotatable bonds is 5. The molecule has 7 nitrogen and oxygen atoms in total. The van der Waals surface area contributed by atoms with Crippen LogP contribution in [-0.2, 0) is 0 Å². The van der Waals surface area contributed by atoms with Crippen LogP contribution in [0.4, 0.5) is 16.6 Å². The van der Waals surface area contributed by atoms with E-state index in [2.05, 4.69) is 20.3 Å². The second-order valence-corrected chi connectivity index (χ2v) is 8.28. The van der Waals surface area contributed by atoms with Crippen LogP contribution in [0.3, 0.4) is 0 Å². The summed E-state index contributed by atoms with van der Waals surface area (Å²) in [6, 6.07) is 12.9. The van der Waals surface area contributed by atoms with Gasteiger partial charge in [-0.05, 0) is 42.8 Å². The molecule has 2 aromatic heterocycles. The third-order valence-corrected chi connectivity index (χ3v) is 6.03. The van der Waals surface area contributed by atoms with Gasteiger partial charge in [0.05, 0.1) is 15.1 Å². The zero-order chi connectivity index (χ0) is 19.7. The number of nitro groups is 1. The maximum absolute atomic E-state index is 11.7. The lowest BCUT2D eigenvalue weighted by Gasteiger charge is -2.06. The number of hydrogen-bond acceptors (Lipinski definition) is 8. The first-order chi connectivity index (χ1) is 13.5. The Labute approximate surface area is 173 Å². The van der Waals surface area contributed by atoms with Gasteiger partial charge in [0, 0.05) is 9.92 Å². The lowest BCUT2D eigenvalue weighted by atomic mass is 10.2. The lowest BCUT2D eigenvalue weighted by molar-refractivity contribution is -0.387. The summed E-state index contributed by atoms with van der Waals surface area (Å²) in [5, 5.41) is 16.1. The lowest BCUT2D eigenvalue weighted by Crippen LogP contribution is -2.02. The van der Waals surface area contributed by atoms with E-state index in [9.17, 15) is 10.1 Å². The van der Waals surface area contributed by atoms with Crippen LogP contribution in [0, 0.1) is 17.0 Å². The summed E-state index contributed by atoms with van der Waals surface area (Å²) >= 11 is 8.48. The molecule has 2 heterocycles. The Morgan fingerprint density at radius 1 is 1.18 bits per heavy atom. The summed E-state index contributed by atoms with van der Waals surface area (Å²) in [5.41, 5.74) is 1.71. The highest BCUT2D eigenvalue weighted by molar-refractivity contribution is 7.99. The van der Waals surface area contributed by atoms with E-state index in [1.165, 1.54) is 29.4 Å². The SMILES string of the molecule is Cc1cccc2sc(Nc3ncnc(Sc4ccc(Cl)cc4)c3[N+](=O)[O-])nc12. The van der Waals surface area contributed by atoms with Gasteiger partial charge in [0.2, 0.25) is 5.82 Å². The minimum atomic E-state index is -0.487. The van der Waals surface area contributed by atoms with E-state index in [1.54, 1.807) is 24.3 Å². The summed E-state index contributed by atoms with van der Waals surface area (Å²) < 4.78 is 0.995. The fraction of sp³-hybridized carbons (Fsp3) is 0.0556. The Hall–Kier alpha value is -2.75. The van der Waals surface area contributed by atoms with E-state index in [4.69, 9.17) is 11.6 Å². The monoisotopic (exact) mass is 429 g/mol. The van der Waals surface area contributed by atoms with Gasteiger partial charge in [0.25, 0.3) is 0 Å². The smallest absolute Gasteiger partial charge is 0.310 e. The van der Waals surface area contributed by atoms with Crippen molar-refractivity contribution in [1.29, 1.82) is 0 Å². The molecule has 0 aliphatic heterocycles. The number of para-hydroxylation sites is 1. The summed E-state index contributed by atoms with van der Waals surface area (Å²) in [5.74, 6) is 0.105. The molecule has 0 bridgehead atoms. The minimum Gasteiger partial charge on any atom is -0.310 e. The predicted octanol–water partition coefficient (Wildman–Crippen LogP) is 5.85. The van der Waals surface area contributed by atoms with E-state index in [-0.39, 0.29) is 16.5 Å². The fourth-order valence-corrected chi connectivity index (χ4v) is 4.48. The van der Waals surface area contributed by atoms with Gasteiger partial charge in [0.1, 0.15) is 6.33 Å². The van der Waals surface area contributed by atoms with Crippen LogP contribution in [0.2, 0.25) is 5.02 Å². The van der Waals surface area contributed by atoms with Crippen LogP contribution >= 0.6 is 34.7 Å². The van der Waals surface area contributed by atoms with Crippen molar-refractivity contribution in [3.05, 3.63) is 69.5 Å². The van der Waals surface area contributed by atoms with E-state index >= 15 is 0 Å². The molecule has 0 saturated carbocycles. The molecule has 0 amide bonds. The first kappa shape index (κ1) is 18.6. The number of nitrogens with one attached hydrogen (secondary N) is 1. The molecule has 4 aromatic rings. The van der Waals surface area contributed by atoms with E-state index in [0.29, 0.717) is 10.2 Å². The van der Waals surface area contributed by atoms with Crippen molar-refractivity contribution in [2.45, 2.75) is 16.8 Å². The first-order valence-electron chi connectivity index (χ1n) is 8.07. The molecule has 10 heteroatoms. The topological polar surface area (TPSA) is 93.8 Å². The number of nitrogens with zero attached hydrogens (tertiary/aromatic N) is 4. The number of aromatic nitrogens is 3. The zero-order valence-electron chi connectivity index (χ0n) is 14.4. The van der Waals surface area contributed by atoms with Gasteiger partial charge >= 0.3 is 5.69 Å². The highest BCUT2D eigenvalue weighted by atomic mass is 35.5. The molecular formula is C18H12ClN5O2S2.